The van der Waals surface area contributed by atoms with E-state index < -0.39 is 0 Å². The zero-order chi connectivity index (χ0) is 13.2. The number of fused-ring (bicyclic) bond motifs is 1. The Balaban J connectivity index is 2.03. The predicted octanol–water partition coefficient (Wildman–Crippen LogP) is 2.94. The van der Waals surface area contributed by atoms with E-state index in [0.29, 0.717) is 0 Å². The largest absolute Gasteiger partial charge is 0.493 e. The first kappa shape index (κ1) is 12.7. The molecule has 1 aliphatic heterocycles. The summed E-state index contributed by atoms with van der Waals surface area (Å²) in [5.74, 6) is 6.73. The highest BCUT2D eigenvalue weighted by molar-refractivity contribution is 9.10. The Morgan fingerprint density at radius 2 is 1.95 bits per heavy atom. The van der Waals surface area contributed by atoms with Crippen LogP contribution in [-0.4, -0.2) is 6.61 Å². The topological polar surface area (TPSA) is 47.3 Å². The minimum absolute atomic E-state index is 0.0545. The molecule has 0 radical (unpaired) electrons. The van der Waals surface area contributed by atoms with E-state index in [1.165, 1.54) is 5.56 Å². The number of nitrogens with two attached hydrogens (primary N) is 1. The molecule has 19 heavy (non-hydrogen) atoms. The van der Waals surface area contributed by atoms with Crippen LogP contribution in [0.2, 0.25) is 0 Å². The Kier molecular flexibility index (Phi) is 3.55. The summed E-state index contributed by atoms with van der Waals surface area (Å²) in [6.45, 7) is 0.754. The van der Waals surface area contributed by atoms with Gasteiger partial charge in [0.2, 0.25) is 0 Å². The Bertz CT molecular complexity index is 583. The molecule has 0 aromatic heterocycles. The molecule has 1 atom stereocenters. The molecule has 0 bridgehead atoms. The van der Waals surface area contributed by atoms with Crippen LogP contribution in [-0.2, 0) is 6.42 Å². The molecule has 1 unspecified atom stereocenters. The molecule has 1 aliphatic rings. The summed E-state index contributed by atoms with van der Waals surface area (Å²) < 4.78 is 6.81. The molecule has 0 fully saturated rings. The minimum atomic E-state index is -0.0545. The molecule has 3 rings (SSSR count). The molecule has 3 N–H and O–H groups in total. The summed E-state index contributed by atoms with van der Waals surface area (Å²) in [5.41, 5.74) is 6.36. The minimum Gasteiger partial charge on any atom is -0.493 e. The highest BCUT2D eigenvalue weighted by Gasteiger charge is 2.22. The van der Waals surface area contributed by atoms with Gasteiger partial charge in [0.05, 0.1) is 12.6 Å². The molecule has 2 aromatic rings. The van der Waals surface area contributed by atoms with Crippen molar-refractivity contribution in [3.8, 4) is 5.75 Å². The third-order valence-electron chi connectivity index (χ3n) is 3.43. The van der Waals surface area contributed by atoms with Crippen LogP contribution in [0.5, 0.6) is 5.75 Å². The summed E-state index contributed by atoms with van der Waals surface area (Å²) in [4.78, 5) is 0. The highest BCUT2D eigenvalue weighted by Crippen LogP contribution is 2.35. The van der Waals surface area contributed by atoms with Crippen LogP contribution in [0.25, 0.3) is 0 Å². The van der Waals surface area contributed by atoms with Crippen molar-refractivity contribution in [2.75, 3.05) is 6.61 Å². The van der Waals surface area contributed by atoms with Gasteiger partial charge < -0.3 is 4.74 Å². The highest BCUT2D eigenvalue weighted by atomic mass is 79.9. The molecule has 4 heteroatoms. The summed E-state index contributed by atoms with van der Waals surface area (Å²) in [5, 5.41) is 0. The first-order valence-electron chi connectivity index (χ1n) is 6.26. The van der Waals surface area contributed by atoms with Gasteiger partial charge in [0.1, 0.15) is 5.75 Å². The second-order valence-electron chi connectivity index (χ2n) is 4.59. The predicted molar refractivity (Wildman–Crippen MR) is 78.9 cm³/mol. The van der Waals surface area contributed by atoms with Gasteiger partial charge in [-0.2, -0.15) is 0 Å². The molecule has 3 nitrogen and oxygen atoms in total. The molecule has 0 amide bonds. The fourth-order valence-electron chi connectivity index (χ4n) is 2.49. The fraction of sp³-hybridized carbons (Fsp3) is 0.200. The quantitative estimate of drug-likeness (QED) is 0.675. The molecule has 0 saturated carbocycles. The van der Waals surface area contributed by atoms with Crippen LogP contribution in [0.1, 0.15) is 22.7 Å². The molecule has 0 saturated heterocycles. The van der Waals surface area contributed by atoms with E-state index >= 15 is 0 Å². The third-order valence-corrected chi connectivity index (χ3v) is 3.95. The molecular formula is C15H15BrN2O. The van der Waals surface area contributed by atoms with Crippen LogP contribution >= 0.6 is 15.9 Å². The average molecular weight is 319 g/mol. The van der Waals surface area contributed by atoms with Gasteiger partial charge in [-0.05, 0) is 23.3 Å². The number of para-hydroxylation sites is 1. The van der Waals surface area contributed by atoms with E-state index in [1.807, 2.05) is 12.1 Å². The van der Waals surface area contributed by atoms with Crippen molar-refractivity contribution >= 4 is 15.9 Å². The fourth-order valence-corrected chi connectivity index (χ4v) is 2.75. The van der Waals surface area contributed by atoms with Crippen molar-refractivity contribution < 1.29 is 4.74 Å². The SMILES string of the molecule is NNC(c1ccc(Br)cc1)c1cccc2c1OCC2. The van der Waals surface area contributed by atoms with E-state index in [1.54, 1.807) is 0 Å². The smallest absolute Gasteiger partial charge is 0.127 e. The van der Waals surface area contributed by atoms with Crippen LogP contribution in [0, 0.1) is 0 Å². The van der Waals surface area contributed by atoms with Gasteiger partial charge in [-0.15, -0.1) is 0 Å². The lowest BCUT2D eigenvalue weighted by Crippen LogP contribution is -2.29. The third kappa shape index (κ3) is 2.39. The lowest BCUT2D eigenvalue weighted by Gasteiger charge is -2.19. The molecule has 0 aliphatic carbocycles. The van der Waals surface area contributed by atoms with Crippen molar-refractivity contribution in [1.82, 2.24) is 5.43 Å². The van der Waals surface area contributed by atoms with Crippen molar-refractivity contribution in [2.24, 2.45) is 5.84 Å². The van der Waals surface area contributed by atoms with Gasteiger partial charge in [-0.25, -0.2) is 5.43 Å². The first-order chi connectivity index (χ1) is 9.29. The normalized spacial score (nSPS) is 14.8. The van der Waals surface area contributed by atoms with Crippen molar-refractivity contribution in [3.63, 3.8) is 0 Å². The van der Waals surface area contributed by atoms with E-state index in [9.17, 15) is 0 Å². The zero-order valence-corrected chi connectivity index (χ0v) is 12.0. The summed E-state index contributed by atoms with van der Waals surface area (Å²) in [6.07, 6.45) is 0.973. The number of hydrazine groups is 1. The van der Waals surface area contributed by atoms with Crippen LogP contribution in [0.15, 0.2) is 46.9 Å². The number of ether oxygens (including phenoxy) is 1. The van der Waals surface area contributed by atoms with Gasteiger partial charge in [0.25, 0.3) is 0 Å². The van der Waals surface area contributed by atoms with E-state index in [4.69, 9.17) is 10.6 Å². The Labute approximate surface area is 120 Å². The lowest BCUT2D eigenvalue weighted by atomic mass is 9.96. The van der Waals surface area contributed by atoms with Crippen LogP contribution in [0.4, 0.5) is 0 Å². The van der Waals surface area contributed by atoms with Gasteiger partial charge in [-0.1, -0.05) is 46.3 Å². The molecule has 1 heterocycles. The number of halogens is 1. The lowest BCUT2D eigenvalue weighted by molar-refractivity contribution is 0.350. The van der Waals surface area contributed by atoms with Crippen molar-refractivity contribution in [1.29, 1.82) is 0 Å². The second kappa shape index (κ2) is 5.33. The number of nitrogens with one attached hydrogen (secondary N) is 1. The van der Waals surface area contributed by atoms with Crippen molar-refractivity contribution in [3.05, 3.63) is 63.6 Å². The van der Waals surface area contributed by atoms with Gasteiger partial charge >= 0.3 is 0 Å². The monoisotopic (exact) mass is 318 g/mol. The van der Waals surface area contributed by atoms with Crippen LogP contribution in [0.3, 0.4) is 0 Å². The maximum atomic E-state index is 5.75. The van der Waals surface area contributed by atoms with E-state index in [2.05, 4.69) is 51.7 Å². The van der Waals surface area contributed by atoms with E-state index in [0.717, 1.165) is 34.4 Å². The summed E-state index contributed by atoms with van der Waals surface area (Å²) in [6, 6.07) is 14.3. The van der Waals surface area contributed by atoms with Gasteiger partial charge in [0, 0.05) is 16.5 Å². The molecule has 0 spiro atoms. The molecular weight excluding hydrogens is 304 g/mol. The molecule has 98 valence electrons. The Morgan fingerprint density at radius 3 is 2.68 bits per heavy atom. The standard InChI is InChI=1S/C15H15BrN2O/c16-12-6-4-10(5-7-12)14(18-17)13-3-1-2-11-8-9-19-15(11)13/h1-7,14,18H,8-9,17H2. The van der Waals surface area contributed by atoms with Gasteiger partial charge in [-0.3, -0.25) is 5.84 Å². The maximum Gasteiger partial charge on any atom is 0.127 e. The summed E-state index contributed by atoms with van der Waals surface area (Å²) in [7, 11) is 0. The Hall–Kier alpha value is -1.36. The summed E-state index contributed by atoms with van der Waals surface area (Å²) >= 11 is 3.45. The second-order valence-corrected chi connectivity index (χ2v) is 5.50. The van der Waals surface area contributed by atoms with Gasteiger partial charge in [0.15, 0.2) is 0 Å². The van der Waals surface area contributed by atoms with E-state index in [-0.39, 0.29) is 6.04 Å². The number of hydrogen-bond acceptors (Lipinski definition) is 3. The average Bonchev–Trinajstić information content (AvgIpc) is 2.91. The van der Waals surface area contributed by atoms with Crippen LogP contribution < -0.4 is 16.0 Å². The maximum absolute atomic E-state index is 5.75. The number of hydrogen-bond donors (Lipinski definition) is 2. The number of rotatable bonds is 3. The molecule has 2 aromatic carbocycles. The first-order valence-corrected chi connectivity index (χ1v) is 7.05. The van der Waals surface area contributed by atoms with Crippen molar-refractivity contribution in [2.45, 2.75) is 12.5 Å². The zero-order valence-electron chi connectivity index (χ0n) is 10.4. The Morgan fingerprint density at radius 1 is 1.16 bits per heavy atom. The number of benzene rings is 2.